The summed E-state index contributed by atoms with van der Waals surface area (Å²) in [5.41, 5.74) is 2.34. The van der Waals surface area contributed by atoms with E-state index in [9.17, 15) is 9.90 Å². The van der Waals surface area contributed by atoms with Crippen molar-refractivity contribution in [2.45, 2.75) is 32.2 Å². The number of rotatable bonds is 3. The minimum Gasteiger partial charge on any atom is -0.395 e. The van der Waals surface area contributed by atoms with Gasteiger partial charge in [-0.15, -0.1) is 0 Å². The molecule has 114 valence electrons. The summed E-state index contributed by atoms with van der Waals surface area (Å²) in [5.74, 6) is 0.631. The lowest BCUT2D eigenvalue weighted by atomic mass is 10.0. The first-order chi connectivity index (χ1) is 10.2. The number of nitrogens with zero attached hydrogens (tertiary/aromatic N) is 2. The van der Waals surface area contributed by atoms with Crippen LogP contribution in [0.5, 0.6) is 0 Å². The number of likely N-dealkylation sites (tertiary alicyclic amines) is 1. The predicted molar refractivity (Wildman–Crippen MR) is 83.3 cm³/mol. The standard InChI is InChI=1S/C17H24N2O2/c1-13-8-10-18(16(13)12-20)11-17(21)19-9-4-6-14-5-2-3-7-15(14)19/h2-3,5,7,13,16,20H,4,6,8-12H2,1H3. The van der Waals surface area contributed by atoms with Crippen molar-refractivity contribution in [2.24, 2.45) is 5.92 Å². The van der Waals surface area contributed by atoms with Crippen LogP contribution in [0.2, 0.25) is 0 Å². The van der Waals surface area contributed by atoms with Crippen LogP contribution in [0.15, 0.2) is 24.3 Å². The Balaban J connectivity index is 1.72. The molecule has 4 heteroatoms. The number of hydrogen-bond acceptors (Lipinski definition) is 3. The van der Waals surface area contributed by atoms with Crippen molar-refractivity contribution in [1.29, 1.82) is 0 Å². The van der Waals surface area contributed by atoms with Gasteiger partial charge in [0.15, 0.2) is 0 Å². The quantitative estimate of drug-likeness (QED) is 0.920. The molecule has 2 heterocycles. The normalized spacial score (nSPS) is 25.9. The van der Waals surface area contributed by atoms with Crippen molar-refractivity contribution in [2.75, 3.05) is 31.1 Å². The average molecular weight is 288 g/mol. The summed E-state index contributed by atoms with van der Waals surface area (Å²) in [7, 11) is 0. The number of benzene rings is 1. The average Bonchev–Trinajstić information content (AvgIpc) is 2.86. The minimum atomic E-state index is 0.133. The predicted octanol–water partition coefficient (Wildman–Crippen LogP) is 1.67. The van der Waals surface area contributed by atoms with Gasteiger partial charge in [-0.05, 0) is 43.4 Å². The molecule has 0 radical (unpaired) electrons. The SMILES string of the molecule is CC1CCN(CC(=O)N2CCCc3ccccc32)C1CO. The summed E-state index contributed by atoms with van der Waals surface area (Å²) in [5, 5.41) is 9.52. The van der Waals surface area contributed by atoms with Gasteiger partial charge in [0.05, 0.1) is 13.2 Å². The number of fused-ring (bicyclic) bond motifs is 1. The maximum Gasteiger partial charge on any atom is 0.241 e. The fourth-order valence-electron chi connectivity index (χ4n) is 3.63. The van der Waals surface area contributed by atoms with Gasteiger partial charge in [0.25, 0.3) is 0 Å². The Morgan fingerprint density at radius 3 is 2.95 bits per heavy atom. The summed E-state index contributed by atoms with van der Waals surface area (Å²) in [4.78, 5) is 16.8. The van der Waals surface area contributed by atoms with Crippen molar-refractivity contribution < 1.29 is 9.90 Å². The van der Waals surface area contributed by atoms with E-state index in [1.165, 1.54) is 5.56 Å². The topological polar surface area (TPSA) is 43.8 Å². The first-order valence-electron chi connectivity index (χ1n) is 7.94. The summed E-state index contributed by atoms with van der Waals surface area (Å²) < 4.78 is 0. The smallest absolute Gasteiger partial charge is 0.241 e. The molecule has 2 unspecified atom stereocenters. The maximum absolute atomic E-state index is 12.7. The van der Waals surface area contributed by atoms with Crippen LogP contribution in [0.4, 0.5) is 5.69 Å². The third kappa shape index (κ3) is 2.83. The van der Waals surface area contributed by atoms with Crippen molar-refractivity contribution in [1.82, 2.24) is 4.90 Å². The molecule has 0 spiro atoms. The Bertz CT molecular complexity index is 517. The second-order valence-corrected chi connectivity index (χ2v) is 6.26. The fourth-order valence-corrected chi connectivity index (χ4v) is 3.63. The van der Waals surface area contributed by atoms with E-state index in [-0.39, 0.29) is 18.6 Å². The zero-order valence-electron chi connectivity index (χ0n) is 12.7. The number of aryl methyl sites for hydroxylation is 1. The van der Waals surface area contributed by atoms with Crippen LogP contribution in [0.25, 0.3) is 0 Å². The van der Waals surface area contributed by atoms with E-state index < -0.39 is 0 Å². The van der Waals surface area contributed by atoms with Crippen LogP contribution in [0.3, 0.4) is 0 Å². The van der Waals surface area contributed by atoms with Crippen LogP contribution < -0.4 is 4.90 Å². The van der Waals surface area contributed by atoms with Crippen molar-refractivity contribution in [3.63, 3.8) is 0 Å². The molecule has 1 N–H and O–H groups in total. The third-order valence-corrected chi connectivity index (χ3v) is 4.93. The molecule has 2 atom stereocenters. The van der Waals surface area contributed by atoms with E-state index in [0.29, 0.717) is 12.5 Å². The molecule has 1 amide bonds. The van der Waals surface area contributed by atoms with Crippen molar-refractivity contribution >= 4 is 11.6 Å². The number of para-hydroxylation sites is 1. The Hall–Kier alpha value is -1.39. The molecule has 1 aromatic carbocycles. The molecule has 0 bridgehead atoms. The Labute approximate surface area is 126 Å². The van der Waals surface area contributed by atoms with Gasteiger partial charge in [0.2, 0.25) is 5.91 Å². The minimum absolute atomic E-state index is 0.133. The molecule has 2 aliphatic rings. The molecule has 21 heavy (non-hydrogen) atoms. The molecule has 0 saturated carbocycles. The second-order valence-electron chi connectivity index (χ2n) is 6.26. The lowest BCUT2D eigenvalue weighted by Crippen LogP contribution is -2.45. The summed E-state index contributed by atoms with van der Waals surface area (Å²) in [6, 6.07) is 8.33. The van der Waals surface area contributed by atoms with Gasteiger partial charge in [-0.2, -0.15) is 0 Å². The number of amides is 1. The van der Waals surface area contributed by atoms with Gasteiger partial charge >= 0.3 is 0 Å². The van der Waals surface area contributed by atoms with Gasteiger partial charge in [-0.1, -0.05) is 25.1 Å². The lowest BCUT2D eigenvalue weighted by molar-refractivity contribution is -0.120. The molecule has 4 nitrogen and oxygen atoms in total. The number of hydrogen-bond donors (Lipinski definition) is 1. The lowest BCUT2D eigenvalue weighted by Gasteiger charge is -2.32. The molecule has 0 aliphatic carbocycles. The number of anilines is 1. The molecule has 3 rings (SSSR count). The van der Waals surface area contributed by atoms with Crippen LogP contribution in [-0.4, -0.2) is 48.2 Å². The van der Waals surface area contributed by atoms with Gasteiger partial charge in [-0.25, -0.2) is 0 Å². The Kier molecular flexibility index (Phi) is 4.27. The highest BCUT2D eigenvalue weighted by atomic mass is 16.3. The number of aliphatic hydroxyl groups is 1. The van der Waals surface area contributed by atoms with E-state index in [1.807, 2.05) is 23.1 Å². The van der Waals surface area contributed by atoms with Gasteiger partial charge in [0.1, 0.15) is 0 Å². The Morgan fingerprint density at radius 1 is 1.33 bits per heavy atom. The van der Waals surface area contributed by atoms with E-state index in [0.717, 1.165) is 38.0 Å². The largest absolute Gasteiger partial charge is 0.395 e. The van der Waals surface area contributed by atoms with Crippen LogP contribution in [0, 0.1) is 5.92 Å². The first-order valence-corrected chi connectivity index (χ1v) is 7.94. The fraction of sp³-hybridized carbons (Fsp3) is 0.588. The number of carbonyl (C=O) groups is 1. The van der Waals surface area contributed by atoms with Crippen molar-refractivity contribution in [3.8, 4) is 0 Å². The van der Waals surface area contributed by atoms with Gasteiger partial charge in [-0.3, -0.25) is 9.69 Å². The first kappa shape index (κ1) is 14.5. The molecule has 0 aromatic heterocycles. The van der Waals surface area contributed by atoms with E-state index >= 15 is 0 Å². The Morgan fingerprint density at radius 2 is 2.14 bits per heavy atom. The molecule has 1 fully saturated rings. The molecular formula is C17H24N2O2. The van der Waals surface area contributed by atoms with Crippen LogP contribution in [-0.2, 0) is 11.2 Å². The van der Waals surface area contributed by atoms with Gasteiger partial charge < -0.3 is 10.0 Å². The molecular weight excluding hydrogens is 264 g/mol. The maximum atomic E-state index is 12.7. The summed E-state index contributed by atoms with van der Waals surface area (Å²) in [6.07, 6.45) is 3.15. The third-order valence-electron chi connectivity index (χ3n) is 4.93. The zero-order chi connectivity index (χ0) is 14.8. The molecule has 2 aliphatic heterocycles. The monoisotopic (exact) mass is 288 g/mol. The summed E-state index contributed by atoms with van der Waals surface area (Å²) >= 11 is 0. The van der Waals surface area contributed by atoms with E-state index in [2.05, 4.69) is 17.9 Å². The van der Waals surface area contributed by atoms with Crippen molar-refractivity contribution in [3.05, 3.63) is 29.8 Å². The van der Waals surface area contributed by atoms with Crippen LogP contribution in [0.1, 0.15) is 25.3 Å². The van der Waals surface area contributed by atoms with E-state index in [1.54, 1.807) is 0 Å². The zero-order valence-corrected chi connectivity index (χ0v) is 12.7. The molecule has 1 saturated heterocycles. The van der Waals surface area contributed by atoms with Gasteiger partial charge in [0, 0.05) is 18.3 Å². The highest BCUT2D eigenvalue weighted by Gasteiger charge is 2.33. The number of carbonyl (C=O) groups excluding carboxylic acids is 1. The highest BCUT2D eigenvalue weighted by molar-refractivity contribution is 5.96. The highest BCUT2D eigenvalue weighted by Crippen LogP contribution is 2.28. The molecule has 1 aromatic rings. The van der Waals surface area contributed by atoms with Crippen LogP contribution >= 0.6 is 0 Å². The number of aliphatic hydroxyl groups excluding tert-OH is 1. The summed E-state index contributed by atoms with van der Waals surface area (Å²) in [6.45, 7) is 4.44. The van der Waals surface area contributed by atoms with E-state index in [4.69, 9.17) is 0 Å². The second kappa shape index (κ2) is 6.16.